The van der Waals surface area contributed by atoms with Crippen molar-refractivity contribution < 1.29 is 32.7 Å². The maximum Gasteiger partial charge on any atom is 0.416 e. The van der Waals surface area contributed by atoms with Gasteiger partial charge in [0, 0.05) is 18.0 Å². The van der Waals surface area contributed by atoms with Crippen LogP contribution in [0, 0.1) is 0 Å². The molecule has 0 unspecified atom stereocenters. The van der Waals surface area contributed by atoms with Crippen molar-refractivity contribution in [3.63, 3.8) is 0 Å². The zero-order valence-corrected chi connectivity index (χ0v) is 14.3. The first-order chi connectivity index (χ1) is 13.7. The molecule has 0 spiro atoms. The fourth-order valence-electron chi connectivity index (χ4n) is 3.09. The summed E-state index contributed by atoms with van der Waals surface area (Å²) in [5.74, 6) is -3.19. The van der Waals surface area contributed by atoms with E-state index in [9.17, 15) is 27.6 Å². The van der Waals surface area contributed by atoms with E-state index in [2.05, 4.69) is 9.97 Å². The molecule has 0 saturated heterocycles. The molecule has 0 radical (unpaired) electrons. The third-order valence-electron chi connectivity index (χ3n) is 4.46. The van der Waals surface area contributed by atoms with Gasteiger partial charge in [0.25, 0.3) is 0 Å². The Bertz CT molecular complexity index is 1220. The fraction of sp³-hybridized carbons (Fsp3) is 0.0500. The van der Waals surface area contributed by atoms with E-state index in [0.29, 0.717) is 6.07 Å². The Morgan fingerprint density at radius 1 is 0.897 bits per heavy atom. The number of aromatic nitrogens is 2. The largest absolute Gasteiger partial charge is 0.478 e. The van der Waals surface area contributed by atoms with E-state index in [1.807, 2.05) is 0 Å². The van der Waals surface area contributed by atoms with Gasteiger partial charge in [0.2, 0.25) is 11.6 Å². The molecule has 3 aromatic rings. The van der Waals surface area contributed by atoms with Crippen LogP contribution in [0.25, 0.3) is 22.5 Å². The van der Waals surface area contributed by atoms with Crippen molar-refractivity contribution in [1.29, 1.82) is 0 Å². The molecule has 2 heterocycles. The standard InChI is InChI=1S/C20H9F3N2O4/c21-20(22,23)12-5-9(4-10(6-12)19(28)29)11-7-14-16(25-8-11)15-13(2-1-3-24-15)17(26)18(14)27/h1-8H,(H,28,29). The monoisotopic (exact) mass is 398 g/mol. The highest BCUT2D eigenvalue weighted by Crippen LogP contribution is 2.36. The molecule has 0 amide bonds. The summed E-state index contributed by atoms with van der Waals surface area (Å²) in [6, 6.07) is 6.49. The van der Waals surface area contributed by atoms with E-state index in [0.717, 1.165) is 12.1 Å². The molecule has 9 heteroatoms. The second kappa shape index (κ2) is 6.33. The zero-order chi connectivity index (χ0) is 20.9. The highest BCUT2D eigenvalue weighted by atomic mass is 19.4. The van der Waals surface area contributed by atoms with Crippen molar-refractivity contribution in [2.24, 2.45) is 0 Å². The second-order valence-corrected chi connectivity index (χ2v) is 6.28. The minimum atomic E-state index is -4.77. The molecule has 0 saturated carbocycles. The van der Waals surface area contributed by atoms with Gasteiger partial charge >= 0.3 is 12.1 Å². The van der Waals surface area contributed by atoms with Gasteiger partial charge in [-0.1, -0.05) is 0 Å². The molecule has 2 aromatic heterocycles. The number of carbonyl (C=O) groups excluding carboxylic acids is 2. The van der Waals surface area contributed by atoms with Crippen molar-refractivity contribution in [1.82, 2.24) is 9.97 Å². The summed E-state index contributed by atoms with van der Waals surface area (Å²) in [7, 11) is 0. The van der Waals surface area contributed by atoms with Crippen molar-refractivity contribution in [3.05, 3.63) is 71.0 Å². The van der Waals surface area contributed by atoms with Gasteiger partial charge in [-0.15, -0.1) is 0 Å². The number of carboxylic acid groups (broad SMARTS) is 1. The first kappa shape index (κ1) is 18.5. The average molecular weight is 398 g/mol. The molecule has 0 aliphatic heterocycles. The Hall–Kier alpha value is -3.88. The molecule has 29 heavy (non-hydrogen) atoms. The topological polar surface area (TPSA) is 97.2 Å². The molecule has 1 N–H and O–H groups in total. The van der Waals surface area contributed by atoms with Crippen molar-refractivity contribution in [3.8, 4) is 22.5 Å². The van der Waals surface area contributed by atoms with Crippen LogP contribution in [0.2, 0.25) is 0 Å². The summed E-state index contributed by atoms with van der Waals surface area (Å²) in [6.45, 7) is 0. The van der Waals surface area contributed by atoms with Gasteiger partial charge < -0.3 is 5.11 Å². The van der Waals surface area contributed by atoms with E-state index in [-0.39, 0.29) is 33.6 Å². The van der Waals surface area contributed by atoms with Crippen LogP contribution in [0.4, 0.5) is 13.2 Å². The maximum absolute atomic E-state index is 13.2. The number of rotatable bonds is 2. The van der Waals surface area contributed by atoms with Crippen LogP contribution in [0.1, 0.15) is 36.6 Å². The van der Waals surface area contributed by atoms with Crippen LogP contribution in [0.15, 0.2) is 48.8 Å². The molecule has 6 nitrogen and oxygen atoms in total. The number of carboxylic acids is 1. The molecule has 0 bridgehead atoms. The Morgan fingerprint density at radius 2 is 1.59 bits per heavy atom. The van der Waals surface area contributed by atoms with E-state index in [4.69, 9.17) is 5.11 Å². The van der Waals surface area contributed by atoms with E-state index in [1.54, 1.807) is 0 Å². The number of Topliss-reactive ketones (excluding diaryl/α,β-unsaturated/α-hetero) is 2. The molecule has 1 aliphatic rings. The summed E-state index contributed by atoms with van der Waals surface area (Å²) >= 11 is 0. The number of benzene rings is 1. The third-order valence-corrected chi connectivity index (χ3v) is 4.46. The van der Waals surface area contributed by atoms with Gasteiger partial charge in [-0.25, -0.2) is 4.79 Å². The molecule has 1 aromatic carbocycles. The molecule has 0 fully saturated rings. The Balaban J connectivity index is 1.92. The molecule has 4 rings (SSSR count). The smallest absolute Gasteiger partial charge is 0.416 e. The number of carbonyl (C=O) groups is 3. The number of pyridine rings is 2. The van der Waals surface area contributed by atoms with Crippen molar-refractivity contribution >= 4 is 17.5 Å². The van der Waals surface area contributed by atoms with E-state index < -0.39 is 34.8 Å². The Kier molecular flexibility index (Phi) is 4.04. The normalized spacial score (nSPS) is 13.1. The second-order valence-electron chi connectivity index (χ2n) is 6.28. The number of alkyl halides is 3. The van der Waals surface area contributed by atoms with Crippen LogP contribution in [-0.2, 0) is 6.18 Å². The summed E-state index contributed by atoms with van der Waals surface area (Å²) in [5, 5.41) is 9.13. The Labute approximate surface area is 160 Å². The fourth-order valence-corrected chi connectivity index (χ4v) is 3.09. The summed E-state index contributed by atoms with van der Waals surface area (Å²) < 4.78 is 39.5. The quantitative estimate of drug-likeness (QED) is 0.658. The molecular formula is C20H9F3N2O4. The predicted molar refractivity (Wildman–Crippen MR) is 93.5 cm³/mol. The van der Waals surface area contributed by atoms with Gasteiger partial charge in [-0.3, -0.25) is 19.6 Å². The van der Waals surface area contributed by atoms with Gasteiger partial charge in [0.05, 0.1) is 22.3 Å². The van der Waals surface area contributed by atoms with Crippen LogP contribution in [0.3, 0.4) is 0 Å². The lowest BCUT2D eigenvalue weighted by Crippen LogP contribution is -2.22. The highest BCUT2D eigenvalue weighted by molar-refractivity contribution is 6.52. The lowest BCUT2D eigenvalue weighted by molar-refractivity contribution is -0.137. The first-order valence-electron chi connectivity index (χ1n) is 8.17. The number of fused-ring (bicyclic) bond motifs is 3. The minimum absolute atomic E-state index is 0.0675. The van der Waals surface area contributed by atoms with Gasteiger partial charge in [0.1, 0.15) is 11.4 Å². The highest BCUT2D eigenvalue weighted by Gasteiger charge is 2.34. The van der Waals surface area contributed by atoms with Gasteiger partial charge in [-0.05, 0) is 42.0 Å². The average Bonchev–Trinajstić information content (AvgIpc) is 2.70. The van der Waals surface area contributed by atoms with Crippen LogP contribution in [-0.4, -0.2) is 32.6 Å². The number of ketones is 2. The van der Waals surface area contributed by atoms with Gasteiger partial charge in [-0.2, -0.15) is 13.2 Å². The summed E-state index contributed by atoms with van der Waals surface area (Å²) in [5.41, 5.74) is -1.42. The number of halogens is 3. The van der Waals surface area contributed by atoms with Gasteiger partial charge in [0.15, 0.2) is 0 Å². The number of aromatic carboxylic acids is 1. The number of hydrogen-bond acceptors (Lipinski definition) is 5. The maximum atomic E-state index is 13.2. The van der Waals surface area contributed by atoms with E-state index in [1.165, 1.54) is 30.6 Å². The predicted octanol–water partition coefficient (Wildman–Crippen LogP) is 3.91. The first-order valence-corrected chi connectivity index (χ1v) is 8.17. The third kappa shape index (κ3) is 3.06. The number of nitrogens with zero attached hydrogens (tertiary/aromatic N) is 2. The van der Waals surface area contributed by atoms with Crippen LogP contribution >= 0.6 is 0 Å². The lowest BCUT2D eigenvalue weighted by atomic mass is 9.88. The summed E-state index contributed by atoms with van der Waals surface area (Å²) in [4.78, 5) is 44.2. The molecule has 144 valence electrons. The molecular weight excluding hydrogens is 389 g/mol. The Morgan fingerprint density at radius 3 is 2.28 bits per heavy atom. The van der Waals surface area contributed by atoms with Crippen molar-refractivity contribution in [2.45, 2.75) is 6.18 Å². The molecule has 1 aliphatic carbocycles. The zero-order valence-electron chi connectivity index (χ0n) is 14.3. The van der Waals surface area contributed by atoms with Crippen molar-refractivity contribution in [2.75, 3.05) is 0 Å². The molecule has 0 atom stereocenters. The number of hydrogen-bond donors (Lipinski definition) is 1. The SMILES string of the molecule is O=C(O)c1cc(-c2cnc3c(c2)C(=O)C(=O)c2cccnc2-3)cc(C(F)(F)F)c1. The van der Waals surface area contributed by atoms with Crippen LogP contribution < -0.4 is 0 Å². The summed E-state index contributed by atoms with van der Waals surface area (Å²) in [6.07, 6.45) is -2.13. The lowest BCUT2D eigenvalue weighted by Gasteiger charge is -2.17. The van der Waals surface area contributed by atoms with Crippen LogP contribution in [0.5, 0.6) is 0 Å². The van der Waals surface area contributed by atoms with E-state index >= 15 is 0 Å². The minimum Gasteiger partial charge on any atom is -0.478 e.